The molecular weight excluding hydrogens is 854 g/mol. The van der Waals surface area contributed by atoms with Gasteiger partial charge >= 0.3 is 6.18 Å². The van der Waals surface area contributed by atoms with E-state index in [1.165, 1.54) is 74.4 Å². The number of nitrogens with one attached hydrogen (secondary N) is 2. The first-order valence-corrected chi connectivity index (χ1v) is 21.0. The van der Waals surface area contributed by atoms with Crippen molar-refractivity contribution < 1.29 is 48.7 Å². The molecule has 0 fully saturated rings. The molecular formula is C41H31F3N8O8S2. The van der Waals surface area contributed by atoms with Gasteiger partial charge in [-0.3, -0.25) is 28.9 Å². The van der Waals surface area contributed by atoms with Crippen molar-refractivity contribution >= 4 is 48.2 Å². The number of aromatic nitrogens is 6. The number of carbonyl (C=O) groups excluding carboxylic acids is 2. The van der Waals surface area contributed by atoms with Crippen molar-refractivity contribution in [3.05, 3.63) is 163 Å². The normalized spacial score (nSPS) is 11.7. The second-order valence-electron chi connectivity index (χ2n) is 13.1. The van der Waals surface area contributed by atoms with Crippen LogP contribution in [0.1, 0.15) is 37.7 Å². The number of halogens is 3. The van der Waals surface area contributed by atoms with E-state index in [-0.39, 0.29) is 39.4 Å². The number of carbonyl (C=O) groups is 2. The lowest BCUT2D eigenvalue weighted by atomic mass is 10.2. The second kappa shape index (κ2) is 17.6. The molecule has 0 aliphatic rings. The van der Waals surface area contributed by atoms with Gasteiger partial charge in [-0.2, -0.15) is 13.2 Å². The van der Waals surface area contributed by atoms with Crippen LogP contribution in [0.5, 0.6) is 5.75 Å². The summed E-state index contributed by atoms with van der Waals surface area (Å²) in [5.74, 6) is 0.178. The van der Waals surface area contributed by atoms with Gasteiger partial charge in [0.05, 0.1) is 39.8 Å². The number of imidazole rings is 1. The molecule has 0 aliphatic carbocycles. The molecule has 0 bridgehead atoms. The monoisotopic (exact) mass is 884 g/mol. The lowest BCUT2D eigenvalue weighted by Gasteiger charge is -2.12. The highest BCUT2D eigenvalue weighted by atomic mass is 32.2. The molecule has 316 valence electrons. The predicted molar refractivity (Wildman–Crippen MR) is 213 cm³/mol. The minimum absolute atomic E-state index is 0.0466. The van der Waals surface area contributed by atoms with Gasteiger partial charge in [0.15, 0.2) is 17.0 Å². The van der Waals surface area contributed by atoms with Crippen molar-refractivity contribution in [3.63, 3.8) is 0 Å². The molecule has 6 heterocycles. The van der Waals surface area contributed by atoms with Gasteiger partial charge in [-0.05, 0) is 59.7 Å². The van der Waals surface area contributed by atoms with Crippen molar-refractivity contribution in [2.24, 2.45) is 0 Å². The van der Waals surface area contributed by atoms with Gasteiger partial charge in [0.25, 0.3) is 11.8 Å². The number of rotatable bonds is 11. The van der Waals surface area contributed by atoms with E-state index in [0.29, 0.717) is 33.6 Å². The Labute approximate surface area is 350 Å². The summed E-state index contributed by atoms with van der Waals surface area (Å²) < 4.78 is 103. The third-order valence-corrected chi connectivity index (χ3v) is 12.5. The summed E-state index contributed by atoms with van der Waals surface area (Å²) in [5.41, 5.74) is 0.670. The van der Waals surface area contributed by atoms with Gasteiger partial charge in [-0.1, -0.05) is 24.3 Å². The smallest absolute Gasteiger partial charge is 0.434 e. The van der Waals surface area contributed by atoms with Crippen LogP contribution in [0, 0.1) is 0 Å². The summed E-state index contributed by atoms with van der Waals surface area (Å²) in [6.45, 7) is 0.289. The molecule has 0 saturated heterocycles. The number of ether oxygens (including phenoxy) is 1. The fourth-order valence-corrected chi connectivity index (χ4v) is 8.46. The molecule has 0 radical (unpaired) electrons. The van der Waals surface area contributed by atoms with Crippen LogP contribution >= 0.6 is 0 Å². The molecule has 0 spiro atoms. The number of sulfone groups is 2. The highest BCUT2D eigenvalue weighted by molar-refractivity contribution is 7.91. The number of hydrogen-bond donors (Lipinski definition) is 2. The number of methoxy groups -OCH3 is 1. The number of amides is 2. The maximum absolute atomic E-state index is 13.2. The zero-order chi connectivity index (χ0) is 44.1. The quantitative estimate of drug-likeness (QED) is 0.155. The number of hydrogen-bond acceptors (Lipinski definition) is 13. The highest BCUT2D eigenvalue weighted by Crippen LogP contribution is 2.35. The minimum atomic E-state index is -4.92. The number of benzene rings is 2. The van der Waals surface area contributed by atoms with Gasteiger partial charge in [-0.25, -0.2) is 26.8 Å². The van der Waals surface area contributed by atoms with E-state index in [0.717, 1.165) is 23.9 Å². The van der Waals surface area contributed by atoms with Crippen molar-refractivity contribution in [2.75, 3.05) is 7.11 Å². The standard InChI is InChI=1S/C21H14F3N3O4S.C20H17N5O4S/c22-21(23,24)19-18(2-1-8-26-19)32(29,30)15-5-3-13(4-6-15)11-27-20(28)16-10-14-7-9-25-12-17(14)31-16;1-29-16-8-18(12-21-11-16)30(27,28)17-4-2-14(3-5-17)9-23-19(26)15-10-24-20-22-6-7-25(20)13-15/h1-10,12H,11H2,(H,27,28);2-8,10-13H,9H2,1H3,(H,23,26). The predicted octanol–water partition coefficient (Wildman–Crippen LogP) is 5.90. The van der Waals surface area contributed by atoms with Crippen LogP contribution in [0.25, 0.3) is 16.7 Å². The summed E-state index contributed by atoms with van der Waals surface area (Å²) in [7, 11) is -6.73. The van der Waals surface area contributed by atoms with Crippen molar-refractivity contribution in [2.45, 2.75) is 38.8 Å². The first-order valence-electron chi connectivity index (χ1n) is 18.0. The molecule has 21 heteroatoms. The molecule has 2 aromatic carbocycles. The molecule has 0 saturated carbocycles. The largest absolute Gasteiger partial charge is 0.495 e. The number of nitrogens with zero attached hydrogens (tertiary/aromatic N) is 6. The van der Waals surface area contributed by atoms with Gasteiger partial charge < -0.3 is 19.8 Å². The van der Waals surface area contributed by atoms with Crippen molar-refractivity contribution in [3.8, 4) is 5.75 Å². The third kappa shape index (κ3) is 9.42. The molecule has 8 rings (SSSR count). The Morgan fingerprint density at radius 2 is 1.40 bits per heavy atom. The molecule has 0 atom stereocenters. The molecule has 0 unspecified atom stereocenters. The van der Waals surface area contributed by atoms with Crippen molar-refractivity contribution in [1.82, 2.24) is 40.0 Å². The average Bonchev–Trinajstić information content (AvgIpc) is 3.95. The molecule has 0 aliphatic heterocycles. The second-order valence-corrected chi connectivity index (χ2v) is 16.9. The maximum Gasteiger partial charge on any atom is 0.434 e. The van der Waals surface area contributed by atoms with E-state index < -0.39 is 42.3 Å². The van der Waals surface area contributed by atoms with Crippen LogP contribution in [0.4, 0.5) is 13.2 Å². The van der Waals surface area contributed by atoms with Crippen LogP contribution in [0.2, 0.25) is 0 Å². The molecule has 6 aromatic heterocycles. The molecule has 62 heavy (non-hydrogen) atoms. The molecule has 2 N–H and O–H groups in total. The maximum atomic E-state index is 13.2. The van der Waals surface area contributed by atoms with Crippen LogP contribution < -0.4 is 15.4 Å². The van der Waals surface area contributed by atoms with Crippen LogP contribution in [0.3, 0.4) is 0 Å². The topological polar surface area (TPSA) is 218 Å². The minimum Gasteiger partial charge on any atom is -0.495 e. The lowest BCUT2D eigenvalue weighted by Crippen LogP contribution is -2.23. The van der Waals surface area contributed by atoms with Gasteiger partial charge in [-0.15, -0.1) is 0 Å². The number of furan rings is 1. The molecule has 16 nitrogen and oxygen atoms in total. The van der Waals surface area contributed by atoms with Gasteiger partial charge in [0, 0.05) is 67.9 Å². The first kappa shape index (κ1) is 42.6. The molecule has 2 amide bonds. The number of alkyl halides is 3. The highest BCUT2D eigenvalue weighted by Gasteiger charge is 2.39. The van der Waals surface area contributed by atoms with Crippen LogP contribution in [0.15, 0.2) is 159 Å². The van der Waals surface area contributed by atoms with E-state index in [4.69, 9.17) is 9.15 Å². The third-order valence-electron chi connectivity index (χ3n) is 8.99. The van der Waals surface area contributed by atoms with Crippen molar-refractivity contribution in [1.29, 1.82) is 0 Å². The SMILES string of the molecule is COc1cncc(S(=O)(=O)c2ccc(CNC(=O)c3cnc4nccn4c3)cc2)c1.O=C(NCc1ccc(S(=O)(=O)c2cccnc2C(F)(F)F)cc1)c1cc2ccncc2o1. The van der Waals surface area contributed by atoms with E-state index in [9.17, 15) is 39.6 Å². The summed E-state index contributed by atoms with van der Waals surface area (Å²) in [6, 6.07) is 18.1. The average molecular weight is 885 g/mol. The van der Waals surface area contributed by atoms with E-state index in [1.54, 1.807) is 53.5 Å². The fraction of sp³-hybridized carbons (Fsp3) is 0.0976. The Morgan fingerprint density at radius 3 is 2.06 bits per heavy atom. The summed E-state index contributed by atoms with van der Waals surface area (Å²) >= 11 is 0. The lowest BCUT2D eigenvalue weighted by molar-refractivity contribution is -0.143. The van der Waals surface area contributed by atoms with E-state index >= 15 is 0 Å². The number of pyridine rings is 3. The molecule has 8 aromatic rings. The Balaban J connectivity index is 0.000000187. The van der Waals surface area contributed by atoms with E-state index in [2.05, 4.69) is 35.6 Å². The first-order chi connectivity index (χ1) is 29.6. The Bertz CT molecular complexity index is 3110. The fourth-order valence-electron chi connectivity index (χ4n) is 5.80. The Morgan fingerprint density at radius 1 is 0.726 bits per heavy atom. The van der Waals surface area contributed by atoms with Gasteiger partial charge in [0.1, 0.15) is 10.6 Å². The zero-order valence-corrected chi connectivity index (χ0v) is 33.6. The summed E-state index contributed by atoms with van der Waals surface area (Å²) in [4.78, 5) is 42.7. The zero-order valence-electron chi connectivity index (χ0n) is 32.0. The summed E-state index contributed by atoms with van der Waals surface area (Å²) in [6.07, 6.45) is 8.13. The van der Waals surface area contributed by atoms with Crippen LogP contribution in [-0.2, 0) is 38.9 Å². The Kier molecular flexibility index (Phi) is 12.1. The number of fused-ring (bicyclic) bond motifs is 2. The van der Waals surface area contributed by atoms with Gasteiger partial charge in [0.2, 0.25) is 25.5 Å². The Hall–Kier alpha value is -7.52. The summed E-state index contributed by atoms with van der Waals surface area (Å²) in [5, 5.41) is 6.14. The van der Waals surface area contributed by atoms with Crippen LogP contribution in [-0.4, -0.2) is 65.1 Å². The van der Waals surface area contributed by atoms with E-state index in [1.807, 2.05) is 0 Å².